The van der Waals surface area contributed by atoms with Crippen LogP contribution >= 0.6 is 11.3 Å². The molecule has 1 atom stereocenters. The average Bonchev–Trinajstić information content (AvgIpc) is 3.42. The summed E-state index contributed by atoms with van der Waals surface area (Å²) in [6.07, 6.45) is 1.82. The number of carbonyl (C=O) groups is 3. The fraction of sp³-hybridized carbons (Fsp3) is 0.125. The van der Waals surface area contributed by atoms with Crippen LogP contribution in [-0.2, 0) is 9.53 Å². The van der Waals surface area contributed by atoms with Gasteiger partial charge in [-0.2, -0.15) is 11.3 Å². The Labute approximate surface area is 181 Å². The van der Waals surface area contributed by atoms with Crippen LogP contribution in [-0.4, -0.2) is 24.8 Å². The molecule has 5 rings (SSSR count). The van der Waals surface area contributed by atoms with Crippen LogP contribution in [0.5, 0.6) is 11.5 Å². The summed E-state index contributed by atoms with van der Waals surface area (Å²) in [6, 6.07) is 11.9. The van der Waals surface area contributed by atoms with Gasteiger partial charge < -0.3 is 14.2 Å². The molecule has 7 heteroatoms. The van der Waals surface area contributed by atoms with Crippen molar-refractivity contribution in [1.82, 2.24) is 0 Å². The summed E-state index contributed by atoms with van der Waals surface area (Å²) in [5.74, 6) is -0.184. The molecule has 1 aromatic heterocycles. The van der Waals surface area contributed by atoms with Crippen LogP contribution in [0.15, 0.2) is 59.0 Å². The highest BCUT2D eigenvalue weighted by Gasteiger charge is 2.38. The summed E-state index contributed by atoms with van der Waals surface area (Å²) in [5, 5.41) is 3.94. The number of hydrogen-bond donors (Lipinski definition) is 0. The van der Waals surface area contributed by atoms with E-state index in [0.717, 1.165) is 5.56 Å². The number of ketones is 1. The molecule has 0 unspecified atom stereocenters. The van der Waals surface area contributed by atoms with Crippen molar-refractivity contribution < 1.29 is 28.6 Å². The quantitative estimate of drug-likeness (QED) is 0.342. The van der Waals surface area contributed by atoms with Gasteiger partial charge in [-0.25, -0.2) is 4.79 Å². The third-order valence-electron chi connectivity index (χ3n) is 5.35. The summed E-state index contributed by atoms with van der Waals surface area (Å²) in [5.41, 5.74) is 3.27. The Morgan fingerprint density at radius 1 is 1.10 bits per heavy atom. The molecule has 0 spiro atoms. The Hall–Kier alpha value is -3.71. The summed E-state index contributed by atoms with van der Waals surface area (Å²) < 4.78 is 16.1. The Kier molecular flexibility index (Phi) is 4.67. The van der Waals surface area contributed by atoms with Gasteiger partial charge in [-0.05, 0) is 58.3 Å². The van der Waals surface area contributed by atoms with Gasteiger partial charge in [0.2, 0.25) is 5.78 Å². The SMILES string of the molecule is COC(=O)c1ccc(/C=C2\Oc3c(ccc4c3[C@H](c3ccsc3)CC(=O)O4)C2=O)cc1. The lowest BCUT2D eigenvalue weighted by atomic mass is 9.86. The fourth-order valence-corrected chi connectivity index (χ4v) is 4.56. The van der Waals surface area contributed by atoms with Gasteiger partial charge in [0.15, 0.2) is 5.76 Å². The van der Waals surface area contributed by atoms with Crippen molar-refractivity contribution in [3.05, 3.63) is 86.8 Å². The number of fused-ring (bicyclic) bond motifs is 3. The van der Waals surface area contributed by atoms with Crippen molar-refractivity contribution >= 4 is 35.1 Å². The van der Waals surface area contributed by atoms with Crippen molar-refractivity contribution in [3.63, 3.8) is 0 Å². The molecule has 154 valence electrons. The normalized spacial score (nSPS) is 18.2. The third kappa shape index (κ3) is 3.33. The Balaban J connectivity index is 1.53. The van der Waals surface area contributed by atoms with Gasteiger partial charge in [0, 0.05) is 11.5 Å². The van der Waals surface area contributed by atoms with E-state index in [0.29, 0.717) is 33.8 Å². The van der Waals surface area contributed by atoms with E-state index in [1.165, 1.54) is 7.11 Å². The standard InChI is InChI=1S/C24H16O6S/c1-28-24(27)14-4-2-13(3-5-14)10-19-22(26)16-6-7-18-21(23(16)30-19)17(11-20(25)29-18)15-8-9-31-12-15/h2-10,12,17H,11H2,1H3/b19-10-/t17-/m0/s1. The molecule has 0 saturated heterocycles. The van der Waals surface area contributed by atoms with Crippen molar-refractivity contribution in [2.45, 2.75) is 12.3 Å². The summed E-state index contributed by atoms with van der Waals surface area (Å²) in [6.45, 7) is 0. The molecule has 2 aliphatic heterocycles. The minimum absolute atomic E-state index is 0.176. The summed E-state index contributed by atoms with van der Waals surface area (Å²) in [4.78, 5) is 36.7. The number of Topliss-reactive ketones (excluding diaryl/α,β-unsaturated/α-hetero) is 1. The lowest BCUT2D eigenvalue weighted by Gasteiger charge is -2.25. The topological polar surface area (TPSA) is 78.9 Å². The van der Waals surface area contributed by atoms with Gasteiger partial charge >= 0.3 is 11.9 Å². The number of ether oxygens (including phenoxy) is 3. The zero-order chi connectivity index (χ0) is 21.5. The molecule has 0 aliphatic carbocycles. The van der Waals surface area contributed by atoms with Gasteiger partial charge in [-0.15, -0.1) is 0 Å². The molecule has 0 saturated carbocycles. The lowest BCUT2D eigenvalue weighted by molar-refractivity contribution is -0.135. The third-order valence-corrected chi connectivity index (χ3v) is 6.06. The molecule has 2 aliphatic rings. The van der Waals surface area contributed by atoms with Gasteiger partial charge in [0.25, 0.3) is 0 Å². The number of rotatable bonds is 3. The molecule has 0 radical (unpaired) electrons. The molecule has 3 aromatic rings. The van der Waals surface area contributed by atoms with Gasteiger partial charge in [-0.1, -0.05) is 12.1 Å². The highest BCUT2D eigenvalue weighted by atomic mass is 32.1. The molecular weight excluding hydrogens is 416 g/mol. The van der Waals surface area contributed by atoms with Crippen LogP contribution in [0.1, 0.15) is 49.7 Å². The molecule has 3 heterocycles. The molecule has 0 bridgehead atoms. The van der Waals surface area contributed by atoms with Crippen LogP contribution in [0, 0.1) is 0 Å². The van der Waals surface area contributed by atoms with E-state index < -0.39 is 5.97 Å². The van der Waals surface area contributed by atoms with Crippen molar-refractivity contribution in [2.75, 3.05) is 7.11 Å². The average molecular weight is 432 g/mol. The van der Waals surface area contributed by atoms with Crippen LogP contribution in [0.2, 0.25) is 0 Å². The Morgan fingerprint density at radius 2 is 1.90 bits per heavy atom. The number of esters is 2. The number of carbonyl (C=O) groups excluding carboxylic acids is 3. The number of benzene rings is 2. The maximum absolute atomic E-state index is 13.0. The van der Waals surface area contributed by atoms with Crippen LogP contribution in [0.25, 0.3) is 6.08 Å². The van der Waals surface area contributed by atoms with Crippen molar-refractivity contribution in [1.29, 1.82) is 0 Å². The zero-order valence-corrected chi connectivity index (χ0v) is 17.2. The largest absolute Gasteiger partial charge is 0.465 e. The van der Waals surface area contributed by atoms with E-state index >= 15 is 0 Å². The lowest BCUT2D eigenvalue weighted by Crippen LogP contribution is -2.21. The van der Waals surface area contributed by atoms with Gasteiger partial charge in [-0.3, -0.25) is 9.59 Å². The fourth-order valence-electron chi connectivity index (χ4n) is 3.85. The van der Waals surface area contributed by atoms with E-state index in [4.69, 9.17) is 14.2 Å². The second-order valence-corrected chi connectivity index (χ2v) is 7.97. The highest BCUT2D eigenvalue weighted by Crippen LogP contribution is 2.49. The number of methoxy groups -OCH3 is 1. The van der Waals surface area contributed by atoms with E-state index in [9.17, 15) is 14.4 Å². The van der Waals surface area contributed by atoms with E-state index in [1.54, 1.807) is 53.8 Å². The first kappa shape index (κ1) is 19.3. The maximum Gasteiger partial charge on any atom is 0.337 e. The first-order valence-corrected chi connectivity index (χ1v) is 10.5. The smallest absolute Gasteiger partial charge is 0.337 e. The van der Waals surface area contributed by atoms with E-state index in [-0.39, 0.29) is 29.9 Å². The highest BCUT2D eigenvalue weighted by molar-refractivity contribution is 7.08. The summed E-state index contributed by atoms with van der Waals surface area (Å²) in [7, 11) is 1.32. The molecule has 0 N–H and O–H groups in total. The summed E-state index contributed by atoms with van der Waals surface area (Å²) >= 11 is 1.55. The monoisotopic (exact) mass is 432 g/mol. The van der Waals surface area contributed by atoms with Crippen molar-refractivity contribution in [3.8, 4) is 11.5 Å². The van der Waals surface area contributed by atoms with E-state index in [1.807, 2.05) is 16.8 Å². The second kappa shape index (κ2) is 7.52. The predicted molar refractivity (Wildman–Crippen MR) is 114 cm³/mol. The van der Waals surface area contributed by atoms with Crippen LogP contribution < -0.4 is 9.47 Å². The number of thiophene rings is 1. The van der Waals surface area contributed by atoms with E-state index in [2.05, 4.69) is 0 Å². The Bertz CT molecular complexity index is 1240. The maximum atomic E-state index is 13.0. The molecule has 0 fully saturated rings. The minimum atomic E-state index is -0.430. The van der Waals surface area contributed by atoms with Crippen molar-refractivity contribution in [2.24, 2.45) is 0 Å². The molecule has 31 heavy (non-hydrogen) atoms. The zero-order valence-electron chi connectivity index (χ0n) is 16.4. The predicted octanol–water partition coefficient (Wildman–Crippen LogP) is 4.59. The Morgan fingerprint density at radius 3 is 2.61 bits per heavy atom. The van der Waals surface area contributed by atoms with Gasteiger partial charge in [0.1, 0.15) is 11.5 Å². The molecule has 2 aromatic carbocycles. The molecule has 6 nitrogen and oxygen atoms in total. The molecule has 0 amide bonds. The second-order valence-electron chi connectivity index (χ2n) is 7.19. The minimum Gasteiger partial charge on any atom is -0.465 e. The molecular formula is C24H16O6S. The number of allylic oxidation sites excluding steroid dienone is 1. The van der Waals surface area contributed by atoms with Crippen LogP contribution in [0.3, 0.4) is 0 Å². The van der Waals surface area contributed by atoms with Gasteiger partial charge in [0.05, 0.1) is 24.7 Å². The first-order valence-electron chi connectivity index (χ1n) is 9.57. The number of hydrogen-bond acceptors (Lipinski definition) is 7. The first-order chi connectivity index (χ1) is 15.0. The van der Waals surface area contributed by atoms with Crippen LogP contribution in [0.4, 0.5) is 0 Å².